The number of fused-ring (bicyclic) bond motifs is 1. The Bertz CT molecular complexity index is 785. The third kappa shape index (κ3) is 2.42. The van der Waals surface area contributed by atoms with E-state index in [4.69, 9.17) is 0 Å². The van der Waals surface area contributed by atoms with Crippen LogP contribution in [-0.4, -0.2) is 38.7 Å². The van der Waals surface area contributed by atoms with E-state index in [9.17, 15) is 0 Å². The summed E-state index contributed by atoms with van der Waals surface area (Å²) < 4.78 is 4.05. The minimum absolute atomic E-state index is 0.468. The molecule has 0 aromatic carbocycles. The van der Waals surface area contributed by atoms with E-state index in [2.05, 4.69) is 44.9 Å². The molecule has 1 fully saturated rings. The lowest BCUT2D eigenvalue weighted by molar-refractivity contribution is 0.347. The minimum Gasteiger partial charge on any atom is -0.315 e. The van der Waals surface area contributed by atoms with Crippen LogP contribution in [0.5, 0.6) is 0 Å². The first-order valence-electron chi connectivity index (χ1n) is 7.62. The van der Waals surface area contributed by atoms with Gasteiger partial charge >= 0.3 is 0 Å². The number of thioether (sulfide) groups is 1. The van der Waals surface area contributed by atoms with Crippen LogP contribution in [0.4, 0.5) is 0 Å². The summed E-state index contributed by atoms with van der Waals surface area (Å²) in [5.74, 6) is 0. The first kappa shape index (κ1) is 13.8. The van der Waals surface area contributed by atoms with Crippen molar-refractivity contribution < 1.29 is 0 Å². The summed E-state index contributed by atoms with van der Waals surface area (Å²) in [5.41, 5.74) is 3.47. The molecule has 4 rings (SSSR count). The van der Waals surface area contributed by atoms with Gasteiger partial charge in [0, 0.05) is 35.0 Å². The highest BCUT2D eigenvalue weighted by molar-refractivity contribution is 7.98. The van der Waals surface area contributed by atoms with E-state index in [1.165, 1.54) is 17.7 Å². The Morgan fingerprint density at radius 3 is 3.05 bits per heavy atom. The Labute approximate surface area is 133 Å². The molecule has 4 heterocycles. The maximum absolute atomic E-state index is 4.58. The van der Waals surface area contributed by atoms with Crippen molar-refractivity contribution >= 4 is 17.3 Å². The molecule has 0 unspecified atom stereocenters. The van der Waals surface area contributed by atoms with Crippen LogP contribution in [0.25, 0.3) is 16.6 Å². The van der Waals surface area contributed by atoms with Crippen molar-refractivity contribution in [1.29, 1.82) is 0 Å². The fourth-order valence-corrected chi connectivity index (χ4v) is 3.68. The molecule has 114 valence electrons. The van der Waals surface area contributed by atoms with Crippen LogP contribution in [0.15, 0.2) is 41.8 Å². The molecular weight excluding hydrogens is 294 g/mol. The summed E-state index contributed by atoms with van der Waals surface area (Å²) in [5, 5.41) is 12.4. The lowest BCUT2D eigenvalue weighted by atomic mass is 10.1. The summed E-state index contributed by atoms with van der Waals surface area (Å²) in [6.45, 7) is 2.13. The number of piperidine rings is 1. The largest absolute Gasteiger partial charge is 0.315 e. The summed E-state index contributed by atoms with van der Waals surface area (Å²) in [6.07, 6.45) is 12.6. The molecule has 3 aromatic rings. The number of nitrogens with zero attached hydrogens (tertiary/aromatic N) is 4. The predicted molar refractivity (Wildman–Crippen MR) is 89.3 cm³/mol. The number of hydrogen-bond acceptors (Lipinski definition) is 4. The average molecular weight is 313 g/mol. The Morgan fingerprint density at radius 1 is 1.27 bits per heavy atom. The standard InChI is InChI=1S/C16H19N5S/c1-22-16-7-12(10-21-15(16)4-6-18-21)13-8-19-20(11-13)14-3-2-5-17-9-14/h4,6-8,10-11,14,17H,2-3,5,9H2,1H3/t14-/m0/s1. The maximum Gasteiger partial charge on any atom is 0.0797 e. The highest BCUT2D eigenvalue weighted by Gasteiger charge is 2.16. The second kappa shape index (κ2) is 5.78. The van der Waals surface area contributed by atoms with Gasteiger partial charge in [-0.05, 0) is 37.8 Å². The van der Waals surface area contributed by atoms with Crippen molar-refractivity contribution in [3.63, 3.8) is 0 Å². The lowest BCUT2D eigenvalue weighted by Crippen LogP contribution is -2.31. The van der Waals surface area contributed by atoms with Gasteiger partial charge in [-0.25, -0.2) is 4.52 Å². The van der Waals surface area contributed by atoms with Gasteiger partial charge in [0.2, 0.25) is 0 Å². The predicted octanol–water partition coefficient (Wildman–Crippen LogP) is 2.84. The highest BCUT2D eigenvalue weighted by atomic mass is 32.2. The molecule has 0 saturated carbocycles. The Kier molecular flexibility index (Phi) is 3.63. The van der Waals surface area contributed by atoms with Gasteiger partial charge in [-0.3, -0.25) is 4.68 Å². The van der Waals surface area contributed by atoms with Crippen LogP contribution in [0.3, 0.4) is 0 Å². The molecule has 0 bridgehead atoms. The third-order valence-electron chi connectivity index (χ3n) is 4.27. The second-order valence-corrected chi connectivity index (χ2v) is 6.52. The van der Waals surface area contributed by atoms with E-state index in [0.717, 1.165) is 29.7 Å². The van der Waals surface area contributed by atoms with Crippen molar-refractivity contribution in [3.05, 3.63) is 36.9 Å². The first-order valence-corrected chi connectivity index (χ1v) is 8.84. The zero-order valence-corrected chi connectivity index (χ0v) is 13.4. The van der Waals surface area contributed by atoms with Crippen molar-refractivity contribution in [2.75, 3.05) is 19.3 Å². The fraction of sp³-hybridized carbons (Fsp3) is 0.375. The van der Waals surface area contributed by atoms with Crippen LogP contribution in [0.2, 0.25) is 0 Å². The maximum atomic E-state index is 4.58. The third-order valence-corrected chi connectivity index (χ3v) is 5.04. The van der Waals surface area contributed by atoms with Gasteiger partial charge in [-0.15, -0.1) is 11.8 Å². The highest BCUT2D eigenvalue weighted by Crippen LogP contribution is 2.29. The molecule has 0 aliphatic carbocycles. The minimum atomic E-state index is 0.468. The number of aromatic nitrogens is 4. The van der Waals surface area contributed by atoms with Crippen LogP contribution in [-0.2, 0) is 0 Å². The van der Waals surface area contributed by atoms with E-state index in [-0.39, 0.29) is 0 Å². The summed E-state index contributed by atoms with van der Waals surface area (Å²) in [6, 6.07) is 4.74. The molecule has 0 radical (unpaired) electrons. The molecule has 1 N–H and O–H groups in total. The number of rotatable bonds is 3. The summed E-state index contributed by atoms with van der Waals surface area (Å²) in [4.78, 5) is 1.24. The zero-order chi connectivity index (χ0) is 14.9. The SMILES string of the molecule is CSc1cc(-c2cnn([C@H]3CCCNC3)c2)cn2nccc12. The van der Waals surface area contributed by atoms with E-state index in [1.807, 2.05) is 23.0 Å². The molecule has 0 spiro atoms. The first-order chi connectivity index (χ1) is 10.8. The quantitative estimate of drug-likeness (QED) is 0.755. The number of nitrogens with one attached hydrogen (secondary N) is 1. The zero-order valence-electron chi connectivity index (χ0n) is 12.6. The van der Waals surface area contributed by atoms with Crippen LogP contribution in [0, 0.1) is 0 Å². The van der Waals surface area contributed by atoms with Crippen LogP contribution in [0.1, 0.15) is 18.9 Å². The molecule has 22 heavy (non-hydrogen) atoms. The number of hydrogen-bond donors (Lipinski definition) is 1. The van der Waals surface area contributed by atoms with Gasteiger partial charge in [0.1, 0.15) is 0 Å². The normalized spacial score (nSPS) is 18.9. The molecule has 1 aliphatic heterocycles. The summed E-state index contributed by atoms with van der Waals surface area (Å²) in [7, 11) is 0. The Morgan fingerprint density at radius 2 is 2.23 bits per heavy atom. The van der Waals surface area contributed by atoms with Gasteiger partial charge in [-0.1, -0.05) is 0 Å². The van der Waals surface area contributed by atoms with Crippen LogP contribution >= 0.6 is 11.8 Å². The van der Waals surface area contributed by atoms with Gasteiger partial charge in [0.05, 0.1) is 24.0 Å². The van der Waals surface area contributed by atoms with Gasteiger partial charge in [-0.2, -0.15) is 10.2 Å². The van der Waals surface area contributed by atoms with Crippen molar-refractivity contribution in [2.24, 2.45) is 0 Å². The van der Waals surface area contributed by atoms with Gasteiger partial charge in [0.15, 0.2) is 0 Å². The molecule has 1 saturated heterocycles. The molecule has 1 atom stereocenters. The molecule has 5 nitrogen and oxygen atoms in total. The molecule has 3 aromatic heterocycles. The summed E-state index contributed by atoms with van der Waals surface area (Å²) >= 11 is 1.75. The Balaban J connectivity index is 1.71. The van der Waals surface area contributed by atoms with Crippen molar-refractivity contribution in [1.82, 2.24) is 24.7 Å². The van der Waals surface area contributed by atoms with Crippen LogP contribution < -0.4 is 5.32 Å². The molecule has 1 aliphatic rings. The number of pyridine rings is 1. The van der Waals surface area contributed by atoms with E-state index in [1.54, 1.807) is 11.8 Å². The fourth-order valence-electron chi connectivity index (χ4n) is 3.06. The Hall–Kier alpha value is -1.79. The average Bonchev–Trinajstić information content (AvgIpc) is 3.23. The smallest absolute Gasteiger partial charge is 0.0797 e. The van der Waals surface area contributed by atoms with E-state index >= 15 is 0 Å². The van der Waals surface area contributed by atoms with Gasteiger partial charge in [0.25, 0.3) is 0 Å². The van der Waals surface area contributed by atoms with E-state index < -0.39 is 0 Å². The van der Waals surface area contributed by atoms with E-state index in [0.29, 0.717) is 6.04 Å². The lowest BCUT2D eigenvalue weighted by Gasteiger charge is -2.22. The molecule has 0 amide bonds. The molecule has 6 heteroatoms. The second-order valence-electron chi connectivity index (χ2n) is 5.67. The monoisotopic (exact) mass is 313 g/mol. The van der Waals surface area contributed by atoms with Gasteiger partial charge < -0.3 is 5.32 Å². The molecular formula is C16H19N5S. The topological polar surface area (TPSA) is 47.2 Å². The van der Waals surface area contributed by atoms with Crippen molar-refractivity contribution in [2.45, 2.75) is 23.8 Å². The van der Waals surface area contributed by atoms with Crippen molar-refractivity contribution in [3.8, 4) is 11.1 Å².